The number of nitrogens with zero attached hydrogens (tertiary/aromatic N) is 2. The number of pyridine rings is 1. The number of halogens is 4. The van der Waals surface area contributed by atoms with Gasteiger partial charge < -0.3 is 25.5 Å². The number of aromatic nitrogens is 2. The van der Waals surface area contributed by atoms with E-state index in [1.165, 1.54) is 18.3 Å². The monoisotopic (exact) mass is 558 g/mol. The Labute approximate surface area is 226 Å². The van der Waals surface area contributed by atoms with Crippen LogP contribution in [-0.2, 0) is 23.9 Å². The van der Waals surface area contributed by atoms with E-state index in [9.17, 15) is 32.3 Å². The summed E-state index contributed by atoms with van der Waals surface area (Å²) in [5.41, 5.74) is 1.49. The van der Waals surface area contributed by atoms with Crippen LogP contribution in [0.3, 0.4) is 0 Å². The van der Waals surface area contributed by atoms with Gasteiger partial charge in [0.2, 0.25) is 11.5 Å². The molecule has 2 amide bonds. The number of para-hydroxylation sites is 1. The molecule has 0 saturated heterocycles. The van der Waals surface area contributed by atoms with Gasteiger partial charge >= 0.3 is 6.18 Å². The maximum Gasteiger partial charge on any atom is 0.424 e. The van der Waals surface area contributed by atoms with Gasteiger partial charge in [-0.05, 0) is 43.3 Å². The third-order valence-corrected chi connectivity index (χ3v) is 6.36. The number of alkyl halides is 3. The molecule has 4 aromatic rings. The highest BCUT2D eigenvalue weighted by atomic mass is 19.4. The molecule has 1 atom stereocenters. The Morgan fingerprint density at radius 2 is 1.80 bits per heavy atom. The maximum absolute atomic E-state index is 14.5. The van der Waals surface area contributed by atoms with E-state index in [4.69, 9.17) is 10.5 Å². The zero-order valence-corrected chi connectivity index (χ0v) is 21.6. The highest BCUT2D eigenvalue weighted by molar-refractivity contribution is 6.07. The van der Waals surface area contributed by atoms with Crippen molar-refractivity contribution in [3.8, 4) is 17.0 Å². The van der Waals surface area contributed by atoms with Gasteiger partial charge in [0.15, 0.2) is 0 Å². The molecule has 2 heterocycles. The summed E-state index contributed by atoms with van der Waals surface area (Å²) in [6.07, 6.45) is -4.38. The molecule has 2 aromatic heterocycles. The van der Waals surface area contributed by atoms with Crippen LogP contribution < -0.4 is 15.8 Å². The summed E-state index contributed by atoms with van der Waals surface area (Å²) >= 11 is 0. The van der Waals surface area contributed by atoms with E-state index < -0.39 is 48.1 Å². The zero-order valence-electron chi connectivity index (χ0n) is 21.6. The number of amides is 2. The first-order chi connectivity index (χ1) is 18.9. The average Bonchev–Trinajstić information content (AvgIpc) is 3.24. The topological polar surface area (TPSA) is 119 Å². The first-order valence-electron chi connectivity index (χ1n) is 12.2. The number of primary amides is 1. The van der Waals surface area contributed by atoms with Gasteiger partial charge in [0.05, 0.1) is 30.8 Å². The summed E-state index contributed by atoms with van der Waals surface area (Å²) in [5.74, 6) is -2.36. The predicted octanol–water partition coefficient (Wildman–Crippen LogP) is 3.99. The molecule has 0 spiro atoms. The van der Waals surface area contributed by atoms with Crippen molar-refractivity contribution >= 4 is 22.7 Å². The SMILES string of the molecule is CCOc1c(CC(N)=O)cc([C@@](O)(CNC(=O)c2cn(C)c3ccccc23)C(F)(F)F)nc1-c1ccc(F)cc1. The minimum absolute atomic E-state index is 0.0408. The van der Waals surface area contributed by atoms with E-state index in [1.807, 2.05) is 0 Å². The largest absolute Gasteiger partial charge is 0.491 e. The average molecular weight is 559 g/mol. The molecule has 210 valence electrons. The molecular formula is C28H26F4N4O4. The van der Waals surface area contributed by atoms with Crippen molar-refractivity contribution in [2.45, 2.75) is 25.1 Å². The summed E-state index contributed by atoms with van der Waals surface area (Å²) in [4.78, 5) is 28.9. The Morgan fingerprint density at radius 3 is 2.42 bits per heavy atom. The summed E-state index contributed by atoms with van der Waals surface area (Å²) in [6.45, 7) is 0.384. The number of benzene rings is 2. The number of fused-ring (bicyclic) bond motifs is 1. The number of carbonyl (C=O) groups is 2. The van der Waals surface area contributed by atoms with Crippen molar-refractivity contribution in [3.05, 3.63) is 83.4 Å². The van der Waals surface area contributed by atoms with E-state index in [0.717, 1.165) is 18.2 Å². The van der Waals surface area contributed by atoms with Crippen molar-refractivity contribution in [1.29, 1.82) is 0 Å². The van der Waals surface area contributed by atoms with Gasteiger partial charge in [0.25, 0.3) is 5.91 Å². The van der Waals surface area contributed by atoms with Crippen LogP contribution in [-0.4, -0.2) is 45.8 Å². The zero-order chi connectivity index (χ0) is 29.2. The first kappa shape index (κ1) is 28.6. The number of nitrogens with two attached hydrogens (primary N) is 1. The van der Waals surface area contributed by atoms with Crippen LogP contribution in [0.4, 0.5) is 17.6 Å². The van der Waals surface area contributed by atoms with Crippen LogP contribution in [0.2, 0.25) is 0 Å². The fourth-order valence-electron chi connectivity index (χ4n) is 4.39. The Morgan fingerprint density at radius 1 is 1.12 bits per heavy atom. The number of carbonyl (C=O) groups excluding carboxylic acids is 2. The van der Waals surface area contributed by atoms with Gasteiger partial charge in [-0.2, -0.15) is 13.2 Å². The molecule has 0 unspecified atom stereocenters. The lowest BCUT2D eigenvalue weighted by atomic mass is 9.93. The lowest BCUT2D eigenvalue weighted by molar-refractivity contribution is -0.265. The van der Waals surface area contributed by atoms with Crippen LogP contribution in [0.5, 0.6) is 5.75 Å². The van der Waals surface area contributed by atoms with Crippen molar-refractivity contribution in [1.82, 2.24) is 14.9 Å². The Kier molecular flexibility index (Phi) is 7.83. The number of rotatable bonds is 9. The van der Waals surface area contributed by atoms with E-state index in [1.54, 1.807) is 42.8 Å². The van der Waals surface area contributed by atoms with E-state index in [0.29, 0.717) is 10.9 Å². The van der Waals surface area contributed by atoms with Crippen LogP contribution in [0.25, 0.3) is 22.2 Å². The molecule has 40 heavy (non-hydrogen) atoms. The van der Waals surface area contributed by atoms with Gasteiger partial charge in [-0.1, -0.05) is 18.2 Å². The first-order valence-corrected chi connectivity index (χ1v) is 12.2. The number of hydrogen-bond acceptors (Lipinski definition) is 5. The Balaban J connectivity index is 1.82. The minimum atomic E-state index is -5.32. The lowest BCUT2D eigenvalue weighted by Crippen LogP contribution is -2.51. The molecule has 8 nitrogen and oxygen atoms in total. The van der Waals surface area contributed by atoms with Gasteiger partial charge in [0.1, 0.15) is 17.3 Å². The van der Waals surface area contributed by atoms with E-state index >= 15 is 0 Å². The molecule has 2 aromatic carbocycles. The van der Waals surface area contributed by atoms with Crippen molar-refractivity contribution in [2.75, 3.05) is 13.2 Å². The smallest absolute Gasteiger partial charge is 0.424 e. The molecule has 0 aliphatic rings. The maximum atomic E-state index is 14.5. The van der Waals surface area contributed by atoms with Gasteiger partial charge in [-0.15, -0.1) is 0 Å². The third kappa shape index (κ3) is 5.48. The Bertz CT molecular complexity index is 1570. The number of ether oxygens (including phenoxy) is 1. The highest BCUT2D eigenvalue weighted by Crippen LogP contribution is 2.42. The fourth-order valence-corrected chi connectivity index (χ4v) is 4.39. The van der Waals surface area contributed by atoms with Gasteiger partial charge in [-0.25, -0.2) is 9.37 Å². The second-order valence-electron chi connectivity index (χ2n) is 9.14. The molecule has 4 N–H and O–H groups in total. The highest BCUT2D eigenvalue weighted by Gasteiger charge is 2.56. The van der Waals surface area contributed by atoms with E-state index in [2.05, 4.69) is 10.3 Å². The summed E-state index contributed by atoms with van der Waals surface area (Å²) in [7, 11) is 1.69. The number of hydrogen-bond donors (Lipinski definition) is 3. The molecular weight excluding hydrogens is 532 g/mol. The molecule has 0 saturated carbocycles. The molecule has 0 radical (unpaired) electrons. The third-order valence-electron chi connectivity index (χ3n) is 6.36. The van der Waals surface area contributed by atoms with Crippen molar-refractivity contribution in [2.24, 2.45) is 12.8 Å². The van der Waals surface area contributed by atoms with Crippen molar-refractivity contribution < 1.29 is 37.0 Å². The molecule has 12 heteroatoms. The number of aliphatic hydroxyl groups is 1. The summed E-state index contributed by atoms with van der Waals surface area (Å²) in [5, 5.41) is 13.8. The molecule has 0 fully saturated rings. The van der Waals surface area contributed by atoms with Crippen LogP contribution in [0.15, 0.2) is 60.8 Å². The predicted molar refractivity (Wildman–Crippen MR) is 139 cm³/mol. The number of nitrogens with one attached hydrogen (secondary N) is 1. The Hall–Kier alpha value is -4.45. The van der Waals surface area contributed by atoms with Crippen LogP contribution in [0.1, 0.15) is 28.5 Å². The summed E-state index contributed by atoms with van der Waals surface area (Å²) in [6, 6.07) is 12.4. The quantitative estimate of drug-likeness (QED) is 0.269. The van der Waals surface area contributed by atoms with Gasteiger partial charge in [0, 0.05) is 35.3 Å². The minimum Gasteiger partial charge on any atom is -0.491 e. The summed E-state index contributed by atoms with van der Waals surface area (Å²) < 4.78 is 64.4. The van der Waals surface area contributed by atoms with Crippen molar-refractivity contribution in [3.63, 3.8) is 0 Å². The fraction of sp³-hybridized carbons (Fsp3) is 0.250. The number of aryl methyl sites for hydroxylation is 1. The lowest BCUT2D eigenvalue weighted by Gasteiger charge is -2.31. The normalized spacial score (nSPS) is 13.2. The molecule has 0 aliphatic carbocycles. The molecule has 0 aliphatic heterocycles. The van der Waals surface area contributed by atoms with E-state index in [-0.39, 0.29) is 34.7 Å². The van der Waals surface area contributed by atoms with Crippen LogP contribution in [0, 0.1) is 5.82 Å². The second-order valence-corrected chi connectivity index (χ2v) is 9.14. The molecule has 4 rings (SSSR count). The van der Waals surface area contributed by atoms with Crippen LogP contribution >= 0.6 is 0 Å². The molecule has 0 bridgehead atoms. The standard InChI is InChI=1S/C28H26F4N4O4/c1-3-40-25-17(13-23(33)37)12-22(35-24(25)16-8-10-18(29)11-9-16)27(39,28(30,31)32)15-34-26(38)20-14-36(2)21-7-5-4-6-19(20)21/h4-12,14,39H,3,13,15H2,1-2H3,(H2,33,37)(H,34,38)/t27-/m0/s1. The second kappa shape index (κ2) is 11.0. The van der Waals surface area contributed by atoms with Gasteiger partial charge in [-0.3, -0.25) is 9.59 Å².